The summed E-state index contributed by atoms with van der Waals surface area (Å²) in [4.78, 5) is 27.4. The summed E-state index contributed by atoms with van der Waals surface area (Å²) in [6.45, 7) is 0.362. The van der Waals surface area contributed by atoms with Crippen molar-refractivity contribution < 1.29 is 41.0 Å². The molecule has 0 fully saturated rings. The first kappa shape index (κ1) is 33.4. The standard InChI is InChI=1S/C32H32F6N2O3/c1-40(30(43)24-19-25(31(33,34)35)21-26(20-24)32(36,37)38)27(15-16-28(42)39-17-9-4-10-18-41)29(22-11-5-2-6-12-22)23-13-7-3-8-14-23/h2-3,5-8,11-16,19-21,27,29,41H,4,9-10,17-18H2,1H3,(H,39,42). The van der Waals surface area contributed by atoms with Crippen LogP contribution in [0.3, 0.4) is 0 Å². The fraction of sp³-hybridized carbons (Fsp3) is 0.312. The Kier molecular flexibility index (Phi) is 11.5. The number of nitrogens with zero attached hydrogens (tertiary/aromatic N) is 1. The van der Waals surface area contributed by atoms with Crippen LogP contribution in [0.15, 0.2) is 91.0 Å². The number of hydrogen-bond donors (Lipinski definition) is 2. The molecule has 1 atom stereocenters. The highest BCUT2D eigenvalue weighted by molar-refractivity contribution is 5.95. The van der Waals surface area contributed by atoms with E-state index >= 15 is 0 Å². The van der Waals surface area contributed by atoms with Gasteiger partial charge in [0.2, 0.25) is 5.91 Å². The van der Waals surface area contributed by atoms with Gasteiger partial charge >= 0.3 is 12.4 Å². The van der Waals surface area contributed by atoms with E-state index in [0.717, 1.165) is 4.90 Å². The number of aliphatic hydroxyl groups excluding tert-OH is 1. The van der Waals surface area contributed by atoms with Crippen molar-refractivity contribution in [3.05, 3.63) is 119 Å². The predicted molar refractivity (Wildman–Crippen MR) is 150 cm³/mol. The van der Waals surface area contributed by atoms with Crippen LogP contribution in [0.25, 0.3) is 0 Å². The molecule has 0 aliphatic carbocycles. The first-order valence-electron chi connectivity index (χ1n) is 13.6. The number of alkyl halides is 6. The summed E-state index contributed by atoms with van der Waals surface area (Å²) in [5.41, 5.74) is -2.60. The second-order valence-electron chi connectivity index (χ2n) is 9.93. The average Bonchev–Trinajstić information content (AvgIpc) is 2.98. The summed E-state index contributed by atoms with van der Waals surface area (Å²) >= 11 is 0. The second kappa shape index (κ2) is 14.9. The molecule has 0 aliphatic heterocycles. The molecule has 5 nitrogen and oxygen atoms in total. The molecule has 3 aromatic carbocycles. The molecule has 0 heterocycles. The van der Waals surface area contributed by atoms with Crippen LogP contribution in [-0.4, -0.2) is 48.1 Å². The lowest BCUT2D eigenvalue weighted by Gasteiger charge is -2.34. The number of aliphatic hydroxyl groups is 1. The third-order valence-corrected chi connectivity index (χ3v) is 6.84. The molecule has 0 radical (unpaired) electrons. The molecule has 43 heavy (non-hydrogen) atoms. The van der Waals surface area contributed by atoms with Crippen molar-refractivity contribution in [3.8, 4) is 0 Å². The zero-order valence-electron chi connectivity index (χ0n) is 23.3. The lowest BCUT2D eigenvalue weighted by atomic mass is 9.83. The van der Waals surface area contributed by atoms with Crippen molar-refractivity contribution in [3.63, 3.8) is 0 Å². The van der Waals surface area contributed by atoms with E-state index in [1.165, 1.54) is 19.2 Å². The molecule has 2 N–H and O–H groups in total. The molecule has 0 aromatic heterocycles. The normalized spacial score (nSPS) is 12.9. The average molecular weight is 607 g/mol. The van der Waals surface area contributed by atoms with Crippen LogP contribution in [0.5, 0.6) is 0 Å². The van der Waals surface area contributed by atoms with Crippen LogP contribution >= 0.6 is 0 Å². The molecule has 0 aliphatic rings. The largest absolute Gasteiger partial charge is 0.416 e. The van der Waals surface area contributed by atoms with Gasteiger partial charge in [-0.15, -0.1) is 0 Å². The Morgan fingerprint density at radius 2 is 1.33 bits per heavy atom. The predicted octanol–water partition coefficient (Wildman–Crippen LogP) is 6.83. The van der Waals surface area contributed by atoms with E-state index < -0.39 is 52.8 Å². The van der Waals surface area contributed by atoms with E-state index in [-0.39, 0.29) is 12.7 Å². The maximum absolute atomic E-state index is 13.7. The van der Waals surface area contributed by atoms with E-state index in [2.05, 4.69) is 5.32 Å². The van der Waals surface area contributed by atoms with E-state index in [1.54, 1.807) is 60.7 Å². The number of hydrogen-bond acceptors (Lipinski definition) is 3. The first-order chi connectivity index (χ1) is 20.3. The highest BCUT2D eigenvalue weighted by atomic mass is 19.4. The van der Waals surface area contributed by atoms with Gasteiger partial charge in [-0.05, 0) is 48.6 Å². The molecule has 11 heteroatoms. The molecule has 0 bridgehead atoms. The molecule has 3 aromatic rings. The summed E-state index contributed by atoms with van der Waals surface area (Å²) in [7, 11) is 1.27. The molecule has 2 amide bonds. The summed E-state index contributed by atoms with van der Waals surface area (Å²) in [6, 6.07) is 17.5. The first-order valence-corrected chi connectivity index (χ1v) is 13.6. The van der Waals surface area contributed by atoms with Crippen molar-refractivity contribution in [2.24, 2.45) is 0 Å². The number of nitrogens with one attached hydrogen (secondary N) is 1. The number of unbranched alkanes of at least 4 members (excludes halogenated alkanes) is 2. The molecule has 0 saturated heterocycles. The molecule has 3 rings (SSSR count). The smallest absolute Gasteiger partial charge is 0.396 e. The maximum Gasteiger partial charge on any atom is 0.416 e. The molecule has 230 valence electrons. The van der Waals surface area contributed by atoms with Gasteiger partial charge in [0, 0.05) is 37.8 Å². The van der Waals surface area contributed by atoms with Crippen LogP contribution in [0.1, 0.15) is 57.8 Å². The second-order valence-corrected chi connectivity index (χ2v) is 9.93. The zero-order chi connectivity index (χ0) is 31.6. The minimum Gasteiger partial charge on any atom is -0.396 e. The van der Waals surface area contributed by atoms with Crippen LogP contribution in [0.4, 0.5) is 26.3 Å². The fourth-order valence-corrected chi connectivity index (χ4v) is 4.66. The van der Waals surface area contributed by atoms with E-state index in [4.69, 9.17) is 5.11 Å². The molecule has 0 spiro atoms. The number of amides is 2. The van der Waals surface area contributed by atoms with E-state index in [1.807, 2.05) is 0 Å². The molecular formula is C32H32F6N2O3. The van der Waals surface area contributed by atoms with Gasteiger partial charge in [0.25, 0.3) is 5.91 Å². The summed E-state index contributed by atoms with van der Waals surface area (Å²) in [5, 5.41) is 11.6. The van der Waals surface area contributed by atoms with Gasteiger partial charge in [-0.25, -0.2) is 0 Å². The Hall–Kier alpha value is -4.12. The van der Waals surface area contributed by atoms with Crippen LogP contribution in [-0.2, 0) is 17.1 Å². The third-order valence-electron chi connectivity index (χ3n) is 6.84. The lowest BCUT2D eigenvalue weighted by Crippen LogP contribution is -2.41. The number of halogens is 6. The Balaban J connectivity index is 2.08. The Bertz CT molecular complexity index is 1300. The number of rotatable bonds is 12. The van der Waals surface area contributed by atoms with Gasteiger partial charge in [-0.1, -0.05) is 66.7 Å². The zero-order valence-corrected chi connectivity index (χ0v) is 23.3. The van der Waals surface area contributed by atoms with Crippen LogP contribution < -0.4 is 5.32 Å². The quantitative estimate of drug-likeness (QED) is 0.135. The Labute approximate surface area is 245 Å². The minimum absolute atomic E-state index is 0.0319. The van der Waals surface area contributed by atoms with Crippen LogP contribution in [0, 0.1) is 0 Å². The monoisotopic (exact) mass is 606 g/mol. The molecular weight excluding hydrogens is 574 g/mol. The van der Waals surface area contributed by atoms with Gasteiger partial charge in [0.1, 0.15) is 0 Å². The molecule has 1 unspecified atom stereocenters. The summed E-state index contributed by atoms with van der Waals surface area (Å²) in [5.74, 6) is -2.22. The van der Waals surface area contributed by atoms with Gasteiger partial charge in [-0.3, -0.25) is 9.59 Å². The molecule has 0 saturated carbocycles. The van der Waals surface area contributed by atoms with E-state index in [9.17, 15) is 35.9 Å². The summed E-state index contributed by atoms with van der Waals surface area (Å²) < 4.78 is 81.3. The van der Waals surface area contributed by atoms with Crippen molar-refractivity contribution in [2.45, 2.75) is 43.6 Å². The van der Waals surface area contributed by atoms with E-state index in [0.29, 0.717) is 49.1 Å². The van der Waals surface area contributed by atoms with Crippen molar-refractivity contribution in [1.29, 1.82) is 0 Å². The fourth-order valence-electron chi connectivity index (χ4n) is 4.66. The van der Waals surface area contributed by atoms with Gasteiger partial charge in [0.05, 0.1) is 17.2 Å². The Morgan fingerprint density at radius 3 is 1.79 bits per heavy atom. The van der Waals surface area contributed by atoms with Gasteiger partial charge in [-0.2, -0.15) is 26.3 Å². The summed E-state index contributed by atoms with van der Waals surface area (Å²) in [6.07, 6.45) is -5.73. The van der Waals surface area contributed by atoms with Gasteiger partial charge in [0.15, 0.2) is 0 Å². The number of carbonyl (C=O) groups excluding carboxylic acids is 2. The maximum atomic E-state index is 13.7. The lowest BCUT2D eigenvalue weighted by molar-refractivity contribution is -0.143. The van der Waals surface area contributed by atoms with Crippen molar-refractivity contribution in [1.82, 2.24) is 10.2 Å². The van der Waals surface area contributed by atoms with Crippen LogP contribution in [0.2, 0.25) is 0 Å². The number of carbonyl (C=O) groups is 2. The van der Waals surface area contributed by atoms with Crippen molar-refractivity contribution in [2.75, 3.05) is 20.2 Å². The Morgan fingerprint density at radius 1 is 0.814 bits per heavy atom. The number of likely N-dealkylation sites (N-methyl/N-ethyl adjacent to an activating group) is 1. The highest BCUT2D eigenvalue weighted by Crippen LogP contribution is 2.37. The minimum atomic E-state index is -5.12. The highest BCUT2D eigenvalue weighted by Gasteiger charge is 2.38. The van der Waals surface area contributed by atoms with Crippen molar-refractivity contribution >= 4 is 11.8 Å². The van der Waals surface area contributed by atoms with Gasteiger partial charge < -0.3 is 15.3 Å². The third kappa shape index (κ3) is 9.44. The SMILES string of the molecule is CN(C(=O)c1cc(C(F)(F)F)cc(C(F)(F)F)c1)C(C=CC(=O)NCCCCCO)C(c1ccccc1)c1ccccc1. The topological polar surface area (TPSA) is 69.6 Å². The number of benzene rings is 3.